The molecule has 3 aromatic rings. The van der Waals surface area contributed by atoms with Crippen molar-refractivity contribution < 1.29 is 4.39 Å². The Morgan fingerprint density at radius 1 is 1.17 bits per heavy atom. The maximum absolute atomic E-state index is 13.6. The highest BCUT2D eigenvalue weighted by Crippen LogP contribution is 2.24. The molecule has 18 heavy (non-hydrogen) atoms. The maximum atomic E-state index is 13.6. The molecule has 0 N–H and O–H groups in total. The minimum atomic E-state index is -0.520. The lowest BCUT2D eigenvalue weighted by Gasteiger charge is -2.03. The van der Waals surface area contributed by atoms with E-state index in [0.717, 1.165) is 6.20 Å². The van der Waals surface area contributed by atoms with E-state index in [4.69, 9.17) is 23.2 Å². The lowest BCUT2D eigenvalue weighted by Crippen LogP contribution is -2.01. The summed E-state index contributed by atoms with van der Waals surface area (Å²) in [7, 11) is 0. The van der Waals surface area contributed by atoms with Crippen molar-refractivity contribution in [2.75, 3.05) is 0 Å². The van der Waals surface area contributed by atoms with Crippen LogP contribution in [0.25, 0.3) is 16.7 Å². The highest BCUT2D eigenvalue weighted by molar-refractivity contribution is 6.35. The Morgan fingerprint density at radius 3 is 2.78 bits per heavy atom. The van der Waals surface area contributed by atoms with E-state index in [-0.39, 0.29) is 16.1 Å². The third-order valence-corrected chi connectivity index (χ3v) is 2.79. The van der Waals surface area contributed by atoms with Gasteiger partial charge in [-0.25, -0.2) is 14.1 Å². The third-order valence-electron chi connectivity index (χ3n) is 2.33. The molecule has 0 atom stereocenters. The summed E-state index contributed by atoms with van der Waals surface area (Å²) in [5.41, 5.74) is 0.552. The molecular formula is C10H4Cl2FN5. The van der Waals surface area contributed by atoms with Crippen LogP contribution in [0.4, 0.5) is 4.39 Å². The number of halogens is 3. The van der Waals surface area contributed by atoms with Crippen molar-refractivity contribution in [1.29, 1.82) is 0 Å². The van der Waals surface area contributed by atoms with Gasteiger partial charge in [0.2, 0.25) is 5.28 Å². The Hall–Kier alpha value is -1.79. The van der Waals surface area contributed by atoms with E-state index in [1.54, 1.807) is 0 Å². The molecule has 0 unspecified atom stereocenters. The molecule has 0 amide bonds. The first kappa shape index (κ1) is 11.3. The van der Waals surface area contributed by atoms with Gasteiger partial charge < -0.3 is 0 Å². The number of fused-ring (bicyclic) bond motifs is 1. The number of hydrogen-bond donors (Lipinski definition) is 0. The van der Waals surface area contributed by atoms with Crippen LogP contribution in [0.2, 0.25) is 10.4 Å². The second kappa shape index (κ2) is 4.15. The van der Waals surface area contributed by atoms with Crippen molar-refractivity contribution in [3.63, 3.8) is 0 Å². The van der Waals surface area contributed by atoms with Crippen molar-refractivity contribution in [2.24, 2.45) is 0 Å². The van der Waals surface area contributed by atoms with E-state index in [1.807, 2.05) is 0 Å². The van der Waals surface area contributed by atoms with Gasteiger partial charge in [-0.05, 0) is 17.7 Å². The second-order valence-corrected chi connectivity index (χ2v) is 4.10. The number of aromatic nitrogens is 5. The van der Waals surface area contributed by atoms with Gasteiger partial charge in [0.05, 0.1) is 17.8 Å². The summed E-state index contributed by atoms with van der Waals surface area (Å²) in [6.45, 7) is 0. The van der Waals surface area contributed by atoms with Crippen molar-refractivity contribution in [3.05, 3.63) is 40.9 Å². The van der Waals surface area contributed by atoms with Crippen LogP contribution in [-0.2, 0) is 0 Å². The number of hydrogen-bond acceptors (Lipinski definition) is 4. The molecule has 0 saturated carbocycles. The van der Waals surface area contributed by atoms with E-state index in [1.165, 1.54) is 23.1 Å². The van der Waals surface area contributed by atoms with E-state index in [9.17, 15) is 4.39 Å². The maximum Gasteiger partial charge on any atom is 0.225 e. The van der Waals surface area contributed by atoms with E-state index in [2.05, 4.69) is 20.1 Å². The summed E-state index contributed by atoms with van der Waals surface area (Å²) in [6.07, 6.45) is 4.00. The fraction of sp³-hybridized carbons (Fsp3) is 0. The molecule has 0 aromatic carbocycles. The molecule has 5 nitrogen and oxygen atoms in total. The highest BCUT2D eigenvalue weighted by atomic mass is 35.5. The molecule has 0 saturated heterocycles. The fourth-order valence-corrected chi connectivity index (χ4v) is 1.99. The van der Waals surface area contributed by atoms with Gasteiger partial charge in [0.1, 0.15) is 10.8 Å². The molecule has 3 heterocycles. The monoisotopic (exact) mass is 283 g/mol. The Kier molecular flexibility index (Phi) is 2.61. The van der Waals surface area contributed by atoms with Gasteiger partial charge in [-0.15, -0.1) is 0 Å². The molecule has 0 aliphatic heterocycles. The van der Waals surface area contributed by atoms with Crippen molar-refractivity contribution in [3.8, 4) is 5.69 Å². The lowest BCUT2D eigenvalue weighted by molar-refractivity contribution is 0.606. The minimum absolute atomic E-state index is 0.0243. The third kappa shape index (κ3) is 1.70. The normalized spacial score (nSPS) is 11.1. The van der Waals surface area contributed by atoms with Crippen molar-refractivity contribution in [2.45, 2.75) is 0 Å². The molecule has 0 bridgehead atoms. The summed E-state index contributed by atoms with van der Waals surface area (Å²) in [5, 5.41) is 4.68. The molecule has 0 spiro atoms. The zero-order valence-corrected chi connectivity index (χ0v) is 10.2. The molecule has 0 radical (unpaired) electrons. The first-order chi connectivity index (χ1) is 8.66. The lowest BCUT2D eigenvalue weighted by atomic mass is 10.4. The van der Waals surface area contributed by atoms with Crippen LogP contribution in [0.1, 0.15) is 0 Å². The number of pyridine rings is 1. The van der Waals surface area contributed by atoms with E-state index >= 15 is 0 Å². The summed E-state index contributed by atoms with van der Waals surface area (Å²) in [4.78, 5) is 11.5. The molecule has 0 aliphatic carbocycles. The van der Waals surface area contributed by atoms with Gasteiger partial charge in [-0.3, -0.25) is 4.98 Å². The summed E-state index contributed by atoms with van der Waals surface area (Å²) >= 11 is 11.6. The average Bonchev–Trinajstić information content (AvgIpc) is 2.73. The second-order valence-electron chi connectivity index (χ2n) is 3.40. The van der Waals surface area contributed by atoms with Gasteiger partial charge in [0.25, 0.3) is 0 Å². The van der Waals surface area contributed by atoms with Crippen LogP contribution in [0.15, 0.2) is 24.7 Å². The number of rotatable bonds is 1. The Bertz CT molecular complexity index is 742. The minimum Gasteiger partial charge on any atom is -0.262 e. The van der Waals surface area contributed by atoms with E-state index in [0.29, 0.717) is 11.0 Å². The zero-order valence-electron chi connectivity index (χ0n) is 8.68. The Balaban J connectivity index is 2.34. The van der Waals surface area contributed by atoms with Crippen LogP contribution in [-0.4, -0.2) is 24.7 Å². The Morgan fingerprint density at radius 2 is 2.00 bits per heavy atom. The summed E-state index contributed by atoms with van der Waals surface area (Å²) in [5.74, 6) is -0.520. The first-order valence-electron chi connectivity index (χ1n) is 4.83. The van der Waals surface area contributed by atoms with Crippen LogP contribution >= 0.6 is 23.2 Å². The SMILES string of the molecule is Fc1cnccc1-n1ncc2c(Cl)nc(Cl)nc21. The Labute approximate surface area is 110 Å². The predicted molar refractivity (Wildman–Crippen MR) is 64.4 cm³/mol. The van der Waals surface area contributed by atoms with Crippen LogP contribution in [0.5, 0.6) is 0 Å². The smallest absolute Gasteiger partial charge is 0.225 e. The largest absolute Gasteiger partial charge is 0.262 e. The molecule has 3 rings (SSSR count). The van der Waals surface area contributed by atoms with Gasteiger partial charge in [0.15, 0.2) is 11.5 Å². The molecule has 8 heteroatoms. The standard InChI is InChI=1S/C10H4Cl2FN5/c11-8-5-3-15-18(9(5)17-10(12)16-8)7-1-2-14-4-6(7)13/h1-4H. The molecule has 0 aliphatic rings. The first-order valence-corrected chi connectivity index (χ1v) is 5.59. The molecule has 90 valence electrons. The van der Waals surface area contributed by atoms with Crippen molar-refractivity contribution in [1.82, 2.24) is 24.7 Å². The number of nitrogens with zero attached hydrogens (tertiary/aromatic N) is 5. The zero-order chi connectivity index (χ0) is 12.7. The van der Waals surface area contributed by atoms with Crippen LogP contribution < -0.4 is 0 Å². The van der Waals surface area contributed by atoms with Crippen LogP contribution in [0, 0.1) is 5.82 Å². The summed E-state index contributed by atoms with van der Waals surface area (Å²) in [6, 6.07) is 1.48. The molecular weight excluding hydrogens is 280 g/mol. The van der Waals surface area contributed by atoms with Gasteiger partial charge >= 0.3 is 0 Å². The quantitative estimate of drug-likeness (QED) is 0.509. The molecule has 0 fully saturated rings. The van der Waals surface area contributed by atoms with Crippen LogP contribution in [0.3, 0.4) is 0 Å². The average molecular weight is 284 g/mol. The van der Waals surface area contributed by atoms with Gasteiger partial charge in [-0.1, -0.05) is 11.6 Å². The van der Waals surface area contributed by atoms with Gasteiger partial charge in [0, 0.05) is 6.20 Å². The highest BCUT2D eigenvalue weighted by Gasteiger charge is 2.14. The van der Waals surface area contributed by atoms with Crippen molar-refractivity contribution >= 4 is 34.2 Å². The summed E-state index contributed by atoms with van der Waals surface area (Å²) < 4.78 is 14.9. The topological polar surface area (TPSA) is 56.5 Å². The fourth-order valence-electron chi connectivity index (χ4n) is 1.56. The van der Waals surface area contributed by atoms with Gasteiger partial charge in [-0.2, -0.15) is 10.1 Å². The van der Waals surface area contributed by atoms with E-state index < -0.39 is 5.82 Å². The molecule has 3 aromatic heterocycles. The predicted octanol–water partition coefficient (Wildman–Crippen LogP) is 2.66.